The molecule has 2 unspecified atom stereocenters. The lowest BCUT2D eigenvalue weighted by molar-refractivity contribution is 0.153. The van der Waals surface area contributed by atoms with Gasteiger partial charge in [0, 0.05) is 12.7 Å². The van der Waals surface area contributed by atoms with E-state index in [1.54, 1.807) is 12.3 Å². The summed E-state index contributed by atoms with van der Waals surface area (Å²) in [6.07, 6.45) is 1.64. The Morgan fingerprint density at radius 1 is 1.53 bits per heavy atom. The van der Waals surface area contributed by atoms with E-state index in [0.29, 0.717) is 24.2 Å². The highest BCUT2D eigenvalue weighted by atomic mass is 19.1. The molecule has 0 aliphatic carbocycles. The second kappa shape index (κ2) is 4.85. The van der Waals surface area contributed by atoms with Crippen molar-refractivity contribution in [3.05, 3.63) is 12.3 Å². The monoisotopic (exact) mass is 238 g/mol. The van der Waals surface area contributed by atoms with Gasteiger partial charge in [0.05, 0.1) is 6.54 Å². The van der Waals surface area contributed by atoms with Gasteiger partial charge in [0.15, 0.2) is 0 Å². The fourth-order valence-corrected chi connectivity index (χ4v) is 2.37. The highest BCUT2D eigenvalue weighted by Gasteiger charge is 2.32. The maximum absolute atomic E-state index is 14.0. The average Bonchev–Trinajstić information content (AvgIpc) is 2.28. The molecule has 5 heteroatoms. The summed E-state index contributed by atoms with van der Waals surface area (Å²) in [5.41, 5.74) is 5.60. The van der Waals surface area contributed by atoms with Gasteiger partial charge in [-0.15, -0.1) is 0 Å². The van der Waals surface area contributed by atoms with E-state index in [4.69, 9.17) is 5.73 Å². The van der Waals surface area contributed by atoms with Crippen LogP contribution in [0.4, 0.5) is 16.2 Å². The molecule has 17 heavy (non-hydrogen) atoms. The van der Waals surface area contributed by atoms with Gasteiger partial charge in [-0.2, -0.15) is 4.98 Å². The standard InChI is InChI=1S/C12H19FN4/c1-8(2)9-4-6-17(7-10(9)13)12-15-5-3-11(14)16-12/h3,5,8-10H,4,6-7H2,1-2H3,(H2,14,15,16). The number of hydrogen-bond acceptors (Lipinski definition) is 4. The lowest BCUT2D eigenvalue weighted by atomic mass is 9.85. The van der Waals surface area contributed by atoms with Crippen LogP contribution in [0.5, 0.6) is 0 Å². The number of nitrogen functional groups attached to an aromatic ring is 1. The molecule has 1 fully saturated rings. The van der Waals surface area contributed by atoms with Crippen LogP contribution in [0.3, 0.4) is 0 Å². The molecule has 0 aromatic carbocycles. The molecule has 0 spiro atoms. The maximum Gasteiger partial charge on any atom is 0.227 e. The van der Waals surface area contributed by atoms with E-state index in [1.807, 2.05) is 4.90 Å². The zero-order valence-corrected chi connectivity index (χ0v) is 10.3. The molecule has 1 aliphatic rings. The Morgan fingerprint density at radius 2 is 2.29 bits per heavy atom. The van der Waals surface area contributed by atoms with Gasteiger partial charge in [0.25, 0.3) is 0 Å². The molecule has 0 amide bonds. The number of aromatic nitrogens is 2. The SMILES string of the molecule is CC(C)C1CCN(c2nccc(N)n2)CC1F. The number of hydrogen-bond donors (Lipinski definition) is 1. The number of piperidine rings is 1. The van der Waals surface area contributed by atoms with E-state index in [2.05, 4.69) is 23.8 Å². The molecule has 1 aromatic heterocycles. The summed E-state index contributed by atoms with van der Waals surface area (Å²) in [5, 5.41) is 0. The number of nitrogens with two attached hydrogens (primary N) is 1. The molecule has 1 aliphatic heterocycles. The Bertz CT molecular complexity index is 383. The van der Waals surface area contributed by atoms with Gasteiger partial charge in [0.1, 0.15) is 12.0 Å². The lowest BCUT2D eigenvalue weighted by Gasteiger charge is -2.36. The van der Waals surface area contributed by atoms with Crippen molar-refractivity contribution in [1.82, 2.24) is 9.97 Å². The molecule has 2 atom stereocenters. The van der Waals surface area contributed by atoms with Gasteiger partial charge in [-0.1, -0.05) is 13.8 Å². The third-order valence-corrected chi connectivity index (χ3v) is 3.40. The van der Waals surface area contributed by atoms with E-state index in [9.17, 15) is 4.39 Å². The van der Waals surface area contributed by atoms with E-state index >= 15 is 0 Å². The minimum Gasteiger partial charge on any atom is -0.384 e. The third kappa shape index (κ3) is 2.65. The van der Waals surface area contributed by atoms with E-state index in [0.717, 1.165) is 13.0 Å². The van der Waals surface area contributed by atoms with Gasteiger partial charge in [-0.25, -0.2) is 9.37 Å². The van der Waals surface area contributed by atoms with Crippen LogP contribution >= 0.6 is 0 Å². The fourth-order valence-electron chi connectivity index (χ4n) is 2.37. The zero-order chi connectivity index (χ0) is 12.4. The van der Waals surface area contributed by atoms with Crippen LogP contribution in [0, 0.1) is 11.8 Å². The molecule has 1 aromatic rings. The zero-order valence-electron chi connectivity index (χ0n) is 10.3. The molecule has 0 radical (unpaired) electrons. The van der Waals surface area contributed by atoms with Crippen molar-refractivity contribution in [1.29, 1.82) is 0 Å². The Kier molecular flexibility index (Phi) is 3.45. The number of anilines is 2. The molecule has 2 rings (SSSR count). The van der Waals surface area contributed by atoms with Crippen LogP contribution < -0.4 is 10.6 Å². The van der Waals surface area contributed by atoms with Gasteiger partial charge < -0.3 is 10.6 Å². The Labute approximate surface area is 101 Å². The van der Waals surface area contributed by atoms with E-state index in [1.165, 1.54) is 0 Å². The minimum absolute atomic E-state index is 0.146. The molecule has 94 valence electrons. The van der Waals surface area contributed by atoms with Crippen LogP contribution in [-0.4, -0.2) is 29.2 Å². The molecular formula is C12H19FN4. The smallest absolute Gasteiger partial charge is 0.227 e. The Hall–Kier alpha value is -1.39. The lowest BCUT2D eigenvalue weighted by Crippen LogP contribution is -2.44. The highest BCUT2D eigenvalue weighted by molar-refractivity contribution is 5.38. The summed E-state index contributed by atoms with van der Waals surface area (Å²) in [5.74, 6) is 1.49. The fraction of sp³-hybridized carbons (Fsp3) is 0.667. The van der Waals surface area contributed by atoms with E-state index in [-0.39, 0.29) is 5.92 Å². The Morgan fingerprint density at radius 3 is 2.88 bits per heavy atom. The van der Waals surface area contributed by atoms with Crippen molar-refractivity contribution in [2.45, 2.75) is 26.4 Å². The third-order valence-electron chi connectivity index (χ3n) is 3.40. The molecular weight excluding hydrogens is 219 g/mol. The topological polar surface area (TPSA) is 55.0 Å². The number of rotatable bonds is 2. The van der Waals surface area contributed by atoms with Crippen LogP contribution in [0.15, 0.2) is 12.3 Å². The first-order valence-electron chi connectivity index (χ1n) is 6.05. The largest absolute Gasteiger partial charge is 0.384 e. The van der Waals surface area contributed by atoms with Crippen molar-refractivity contribution >= 4 is 11.8 Å². The van der Waals surface area contributed by atoms with Crippen molar-refractivity contribution in [3.8, 4) is 0 Å². The van der Waals surface area contributed by atoms with Crippen LogP contribution in [-0.2, 0) is 0 Å². The number of alkyl halides is 1. The molecule has 2 heterocycles. The second-order valence-corrected chi connectivity index (χ2v) is 4.94. The minimum atomic E-state index is -0.811. The van der Waals surface area contributed by atoms with Crippen LogP contribution in [0.2, 0.25) is 0 Å². The van der Waals surface area contributed by atoms with Gasteiger partial charge >= 0.3 is 0 Å². The van der Waals surface area contributed by atoms with Crippen molar-refractivity contribution in [3.63, 3.8) is 0 Å². The number of nitrogens with zero attached hydrogens (tertiary/aromatic N) is 3. The summed E-state index contributed by atoms with van der Waals surface area (Å²) < 4.78 is 14.0. The quantitative estimate of drug-likeness (QED) is 0.854. The number of halogens is 1. The van der Waals surface area contributed by atoms with Gasteiger partial charge in [0.2, 0.25) is 5.95 Å². The van der Waals surface area contributed by atoms with Gasteiger partial charge in [-0.3, -0.25) is 0 Å². The maximum atomic E-state index is 14.0. The second-order valence-electron chi connectivity index (χ2n) is 4.94. The molecule has 4 nitrogen and oxygen atoms in total. The van der Waals surface area contributed by atoms with Gasteiger partial charge in [-0.05, 0) is 24.3 Å². The molecule has 2 N–H and O–H groups in total. The summed E-state index contributed by atoms with van der Waals surface area (Å²) in [4.78, 5) is 10.1. The summed E-state index contributed by atoms with van der Waals surface area (Å²) in [7, 11) is 0. The molecule has 0 bridgehead atoms. The van der Waals surface area contributed by atoms with E-state index < -0.39 is 6.17 Å². The predicted octanol–water partition coefficient (Wildman–Crippen LogP) is 1.88. The first kappa shape index (κ1) is 12.1. The molecule has 0 saturated carbocycles. The van der Waals surface area contributed by atoms with Crippen LogP contribution in [0.25, 0.3) is 0 Å². The highest BCUT2D eigenvalue weighted by Crippen LogP contribution is 2.28. The predicted molar refractivity (Wildman–Crippen MR) is 66.5 cm³/mol. The van der Waals surface area contributed by atoms with Crippen molar-refractivity contribution in [2.24, 2.45) is 11.8 Å². The van der Waals surface area contributed by atoms with Crippen molar-refractivity contribution in [2.75, 3.05) is 23.7 Å². The molecule has 1 saturated heterocycles. The average molecular weight is 238 g/mol. The first-order chi connectivity index (χ1) is 8.08. The van der Waals surface area contributed by atoms with Crippen molar-refractivity contribution < 1.29 is 4.39 Å². The first-order valence-corrected chi connectivity index (χ1v) is 6.05. The summed E-state index contributed by atoms with van der Waals surface area (Å²) >= 11 is 0. The van der Waals surface area contributed by atoms with Crippen LogP contribution in [0.1, 0.15) is 20.3 Å². The summed E-state index contributed by atoms with van der Waals surface area (Å²) in [6.45, 7) is 5.31. The summed E-state index contributed by atoms with van der Waals surface area (Å²) in [6, 6.07) is 1.64. The Balaban J connectivity index is 2.07. The normalized spacial score (nSPS) is 25.3.